The zero-order chi connectivity index (χ0) is 49.0. The Balaban J connectivity index is 4.31. The van der Waals surface area contributed by atoms with E-state index in [2.05, 4.69) is 135 Å². The fourth-order valence-electron chi connectivity index (χ4n) is 6.49. The molecular weight excluding hydrogens is 854 g/mol. The van der Waals surface area contributed by atoms with Gasteiger partial charge in [0.1, 0.15) is 19.3 Å². The number of rotatable bonds is 47. The van der Waals surface area contributed by atoms with Crippen molar-refractivity contribution in [2.24, 2.45) is 0 Å². The summed E-state index contributed by atoms with van der Waals surface area (Å²) in [5.41, 5.74) is 0. The van der Waals surface area contributed by atoms with Crippen LogP contribution in [0.15, 0.2) is 122 Å². The van der Waals surface area contributed by atoms with E-state index in [4.69, 9.17) is 18.5 Å². The second-order valence-electron chi connectivity index (χ2n) is 18.2. The van der Waals surface area contributed by atoms with E-state index >= 15 is 0 Å². The average molecular weight is 953 g/mol. The van der Waals surface area contributed by atoms with Crippen molar-refractivity contribution in [2.75, 3.05) is 54.1 Å². The predicted octanol–water partition coefficient (Wildman–Crippen LogP) is 16.5. The molecule has 0 aromatic carbocycles. The molecule has 0 aliphatic carbocycles. The Morgan fingerprint density at radius 3 is 1.30 bits per heavy atom. The van der Waals surface area contributed by atoms with Gasteiger partial charge in [0.2, 0.25) is 0 Å². The normalized spacial score (nSPS) is 14.5. The summed E-state index contributed by atoms with van der Waals surface area (Å²) in [6.45, 7) is 5.37. The Morgan fingerprint density at radius 1 is 0.478 bits per heavy atom. The topological polar surface area (TPSA) is 91.3 Å². The molecule has 8 nitrogen and oxygen atoms in total. The van der Waals surface area contributed by atoms with Gasteiger partial charge in [-0.3, -0.25) is 13.8 Å². The number of esters is 1. The smallest absolute Gasteiger partial charge is 0.457 e. The monoisotopic (exact) mass is 953 g/mol. The molecule has 0 aromatic heterocycles. The lowest BCUT2D eigenvalue weighted by atomic mass is 10.1. The maximum absolute atomic E-state index is 12.8. The lowest BCUT2D eigenvalue weighted by Gasteiger charge is -2.24. The van der Waals surface area contributed by atoms with Gasteiger partial charge in [0.25, 0.3) is 0 Å². The number of hydrogen-bond donors (Lipinski definition) is 1. The van der Waals surface area contributed by atoms with E-state index in [0.717, 1.165) is 89.9 Å². The number of likely N-dealkylation sites (N-methyl/N-ethyl adjacent to an activating group) is 1. The molecule has 0 heterocycles. The Morgan fingerprint density at radius 2 is 0.866 bits per heavy atom. The molecule has 0 aliphatic rings. The molecule has 9 heteroatoms. The Labute approximate surface area is 412 Å². The maximum Gasteiger partial charge on any atom is 0.472 e. The summed E-state index contributed by atoms with van der Waals surface area (Å²) in [4.78, 5) is 23.0. The van der Waals surface area contributed by atoms with Crippen LogP contribution in [-0.4, -0.2) is 75.6 Å². The van der Waals surface area contributed by atoms with Crippen LogP contribution < -0.4 is 0 Å². The molecule has 0 amide bonds. The molecule has 0 rings (SSSR count). The van der Waals surface area contributed by atoms with Gasteiger partial charge in [-0.15, -0.1) is 0 Å². The summed E-state index contributed by atoms with van der Waals surface area (Å²) in [5, 5.41) is 0. The molecule has 1 N–H and O–H groups in total. The van der Waals surface area contributed by atoms with Gasteiger partial charge in [-0.1, -0.05) is 193 Å². The van der Waals surface area contributed by atoms with E-state index in [1.165, 1.54) is 64.2 Å². The fourth-order valence-corrected chi connectivity index (χ4v) is 7.23. The molecule has 0 radical (unpaired) electrons. The average Bonchev–Trinajstić information content (AvgIpc) is 3.29. The van der Waals surface area contributed by atoms with Crippen molar-refractivity contribution in [3.63, 3.8) is 0 Å². The zero-order valence-electron chi connectivity index (χ0n) is 43.3. The first-order chi connectivity index (χ1) is 32.6. The zero-order valence-corrected chi connectivity index (χ0v) is 44.2. The molecule has 67 heavy (non-hydrogen) atoms. The maximum atomic E-state index is 12.8. The molecule has 2 atom stereocenters. The highest BCUT2D eigenvalue weighted by atomic mass is 31.2. The number of hydrogen-bond acceptors (Lipinski definition) is 6. The van der Waals surface area contributed by atoms with Crippen molar-refractivity contribution >= 4 is 13.8 Å². The van der Waals surface area contributed by atoms with E-state index in [0.29, 0.717) is 24.1 Å². The minimum absolute atomic E-state index is 0.0680. The SMILES string of the molecule is CC/C=C\C/C=C\C/C=C\C/C=C\C/C=C\C/C=C\C/C=C\CCCC(=O)OC(COCCCCCCCCC/C=C\C/C=C\C/C=C\CCCCCCC)COP(=O)(O)OCC[N+](C)(C)C. The Hall–Kier alpha value is -3.10. The van der Waals surface area contributed by atoms with Gasteiger partial charge in [0.05, 0.1) is 34.4 Å². The van der Waals surface area contributed by atoms with Crippen molar-refractivity contribution in [2.45, 2.75) is 187 Å². The van der Waals surface area contributed by atoms with Crippen LogP contribution in [0.3, 0.4) is 0 Å². The molecule has 0 saturated carbocycles. The third-order valence-electron chi connectivity index (χ3n) is 10.5. The Kier molecular flexibility index (Phi) is 47.0. The minimum atomic E-state index is -4.31. The highest BCUT2D eigenvalue weighted by Crippen LogP contribution is 2.43. The number of phosphoric acid groups is 1. The van der Waals surface area contributed by atoms with Crippen LogP contribution in [0.4, 0.5) is 0 Å². The molecule has 0 aromatic rings. The third-order valence-corrected chi connectivity index (χ3v) is 11.5. The molecule has 0 fully saturated rings. The van der Waals surface area contributed by atoms with Crippen LogP contribution in [0, 0.1) is 0 Å². The molecule has 0 spiro atoms. The van der Waals surface area contributed by atoms with Gasteiger partial charge in [-0.05, 0) is 103 Å². The van der Waals surface area contributed by atoms with Crippen molar-refractivity contribution in [1.29, 1.82) is 0 Å². The second kappa shape index (κ2) is 49.3. The summed E-state index contributed by atoms with van der Waals surface area (Å²) in [5.74, 6) is -0.379. The van der Waals surface area contributed by atoms with Crippen molar-refractivity contribution in [1.82, 2.24) is 0 Å². The van der Waals surface area contributed by atoms with Gasteiger partial charge >= 0.3 is 13.8 Å². The highest BCUT2D eigenvalue weighted by molar-refractivity contribution is 7.47. The highest BCUT2D eigenvalue weighted by Gasteiger charge is 2.26. The van der Waals surface area contributed by atoms with Crippen LogP contribution >= 0.6 is 7.82 Å². The largest absolute Gasteiger partial charge is 0.472 e. The van der Waals surface area contributed by atoms with Crippen LogP contribution in [0.1, 0.15) is 181 Å². The lowest BCUT2D eigenvalue weighted by molar-refractivity contribution is -0.870. The van der Waals surface area contributed by atoms with Gasteiger partial charge in [-0.2, -0.15) is 0 Å². The molecule has 0 bridgehead atoms. The first kappa shape index (κ1) is 63.9. The number of phosphoric ester groups is 1. The third kappa shape index (κ3) is 53.7. The van der Waals surface area contributed by atoms with E-state index in [1.54, 1.807) is 0 Å². The van der Waals surface area contributed by atoms with Crippen LogP contribution in [0.25, 0.3) is 0 Å². The summed E-state index contributed by atoms with van der Waals surface area (Å²) in [7, 11) is 1.60. The standard InChI is InChI=1S/C58H98NO7P/c1-6-8-10-12-14-16-18-20-22-24-26-28-30-31-33-35-37-39-41-43-45-47-49-51-58(60)66-57(56-65-67(61,62)64-54-52-59(3,4)5)55-63-53-50-48-46-44-42-40-38-36-34-32-29-27-25-23-21-19-17-15-13-11-9-7-2/h8,10,14,16,19-22,25-28,31-34,37,39,43,45,57H,6-7,9,11-13,15,17-18,23-24,29-30,35-36,38,40-42,44,46-56H2,1-5H3/p+1/b10-8-,16-14-,21-19-,22-20-,27-25-,28-26-,33-31-,34-32-,39-37-,45-43-. The van der Waals surface area contributed by atoms with Crippen molar-refractivity contribution in [3.05, 3.63) is 122 Å². The van der Waals surface area contributed by atoms with Crippen molar-refractivity contribution < 1.29 is 37.3 Å². The van der Waals surface area contributed by atoms with Crippen LogP contribution in [-0.2, 0) is 27.9 Å². The van der Waals surface area contributed by atoms with Gasteiger partial charge in [0, 0.05) is 13.0 Å². The first-order valence-electron chi connectivity index (χ1n) is 26.3. The predicted molar refractivity (Wildman–Crippen MR) is 288 cm³/mol. The van der Waals surface area contributed by atoms with Gasteiger partial charge in [-0.25, -0.2) is 4.57 Å². The minimum Gasteiger partial charge on any atom is -0.457 e. The van der Waals surface area contributed by atoms with Crippen LogP contribution in [0.2, 0.25) is 0 Å². The van der Waals surface area contributed by atoms with E-state index < -0.39 is 13.9 Å². The van der Waals surface area contributed by atoms with Gasteiger partial charge in [0.15, 0.2) is 0 Å². The first-order valence-corrected chi connectivity index (χ1v) is 27.8. The molecule has 2 unspecified atom stereocenters. The van der Waals surface area contributed by atoms with Gasteiger partial charge < -0.3 is 18.9 Å². The number of carbonyl (C=O) groups is 1. The summed E-state index contributed by atoms with van der Waals surface area (Å²) in [6, 6.07) is 0. The number of allylic oxidation sites excluding steroid dienone is 20. The number of quaternary nitrogens is 1. The number of carbonyl (C=O) groups excluding carboxylic acids is 1. The second-order valence-corrected chi connectivity index (χ2v) is 19.6. The van der Waals surface area contributed by atoms with E-state index in [-0.39, 0.29) is 32.2 Å². The number of nitrogens with zero attached hydrogens (tertiary/aromatic N) is 1. The lowest BCUT2D eigenvalue weighted by Crippen LogP contribution is -2.37. The molecule has 382 valence electrons. The summed E-state index contributed by atoms with van der Waals surface area (Å²) >= 11 is 0. The number of ether oxygens (including phenoxy) is 2. The number of unbranched alkanes of at least 4 members (excludes halogenated alkanes) is 13. The quantitative estimate of drug-likeness (QED) is 0.0214. The molecule has 0 aliphatic heterocycles. The molecular formula is C58H99NO7P+. The van der Waals surface area contributed by atoms with Crippen LogP contribution in [0.5, 0.6) is 0 Å². The molecule has 0 saturated heterocycles. The summed E-state index contributed by atoms with van der Waals surface area (Å²) in [6.07, 6.45) is 71.1. The fraction of sp³-hybridized carbons (Fsp3) is 0.638. The summed E-state index contributed by atoms with van der Waals surface area (Å²) < 4.78 is 35.1. The van der Waals surface area contributed by atoms with Crippen molar-refractivity contribution in [3.8, 4) is 0 Å². The van der Waals surface area contributed by atoms with E-state index in [9.17, 15) is 14.3 Å². The Bertz CT molecular complexity index is 1480. The van der Waals surface area contributed by atoms with E-state index in [1.807, 2.05) is 21.1 Å².